The highest BCUT2D eigenvalue weighted by Crippen LogP contribution is 2.36. The third-order valence-electron chi connectivity index (χ3n) is 4.79. The third-order valence-corrected chi connectivity index (χ3v) is 4.79. The topological polar surface area (TPSA) is 50.8 Å². The lowest BCUT2D eigenvalue weighted by atomic mass is 9.77. The molecule has 1 N–H and O–H groups in total. The van der Waals surface area contributed by atoms with Gasteiger partial charge in [-0.05, 0) is 24.3 Å². The number of carbonyl (C=O) groups excluding carboxylic acids is 1. The molecule has 0 aliphatic carbocycles. The number of methoxy groups -OCH3 is 1. The van der Waals surface area contributed by atoms with Crippen LogP contribution in [0.1, 0.15) is 32.3 Å². The van der Waals surface area contributed by atoms with E-state index in [1.165, 1.54) is 5.56 Å². The molecule has 1 aliphatic rings. The lowest BCUT2D eigenvalue weighted by Gasteiger charge is -2.31. The van der Waals surface area contributed by atoms with Crippen molar-refractivity contribution in [1.82, 2.24) is 10.2 Å². The Bertz CT molecular complexity index is 515. The summed E-state index contributed by atoms with van der Waals surface area (Å²) < 4.78 is 10.8. The molecule has 0 saturated carbocycles. The van der Waals surface area contributed by atoms with E-state index in [0.29, 0.717) is 32.8 Å². The molecular formula is C18H28N2O3. The fraction of sp³-hybridized carbons (Fsp3) is 0.611. The summed E-state index contributed by atoms with van der Waals surface area (Å²) in [7, 11) is 1.70. The molecule has 1 saturated heterocycles. The summed E-state index contributed by atoms with van der Waals surface area (Å²) in [5.41, 5.74) is 1.18. The molecule has 5 heteroatoms. The van der Waals surface area contributed by atoms with Crippen molar-refractivity contribution in [3.63, 3.8) is 0 Å². The van der Waals surface area contributed by atoms with Crippen molar-refractivity contribution in [1.29, 1.82) is 0 Å². The lowest BCUT2D eigenvalue weighted by Crippen LogP contribution is -2.47. The highest BCUT2D eigenvalue weighted by atomic mass is 16.5. The molecule has 1 heterocycles. The van der Waals surface area contributed by atoms with E-state index in [1.54, 1.807) is 7.11 Å². The van der Waals surface area contributed by atoms with Gasteiger partial charge in [0.05, 0.1) is 20.3 Å². The number of rotatable bonds is 6. The first-order chi connectivity index (χ1) is 11.1. The Morgan fingerprint density at radius 3 is 2.70 bits per heavy atom. The average molecular weight is 320 g/mol. The maximum absolute atomic E-state index is 12.2. The molecule has 23 heavy (non-hydrogen) atoms. The van der Waals surface area contributed by atoms with E-state index >= 15 is 0 Å². The third kappa shape index (κ3) is 4.38. The molecule has 0 aromatic heterocycles. The number of hydrogen-bond acceptors (Lipinski definition) is 3. The van der Waals surface area contributed by atoms with Gasteiger partial charge in [-0.15, -0.1) is 0 Å². The molecule has 1 aromatic rings. The van der Waals surface area contributed by atoms with Crippen LogP contribution in [0.3, 0.4) is 0 Å². The van der Waals surface area contributed by atoms with Crippen LogP contribution in [-0.2, 0) is 10.2 Å². The maximum atomic E-state index is 12.2. The Morgan fingerprint density at radius 2 is 2.04 bits per heavy atom. The molecule has 0 unspecified atom stereocenters. The molecule has 0 radical (unpaired) electrons. The Balaban J connectivity index is 1.94. The van der Waals surface area contributed by atoms with E-state index in [2.05, 4.69) is 25.2 Å². The number of hydrogen-bond donors (Lipinski definition) is 1. The van der Waals surface area contributed by atoms with Crippen LogP contribution in [0.5, 0.6) is 5.75 Å². The Kier molecular flexibility index (Phi) is 6.28. The molecule has 1 fully saturated rings. The largest absolute Gasteiger partial charge is 0.496 e. The molecule has 1 aliphatic heterocycles. The number of urea groups is 1. The average Bonchev–Trinajstić information content (AvgIpc) is 2.62. The van der Waals surface area contributed by atoms with E-state index in [1.807, 2.05) is 23.1 Å². The van der Waals surface area contributed by atoms with E-state index in [9.17, 15) is 4.79 Å². The second-order valence-corrected chi connectivity index (χ2v) is 6.20. The summed E-state index contributed by atoms with van der Waals surface area (Å²) in [6.45, 7) is 7.65. The van der Waals surface area contributed by atoms with Crippen LogP contribution in [0.2, 0.25) is 0 Å². The van der Waals surface area contributed by atoms with Gasteiger partial charge in [0.25, 0.3) is 0 Å². The van der Waals surface area contributed by atoms with E-state index in [0.717, 1.165) is 18.6 Å². The van der Waals surface area contributed by atoms with Crippen LogP contribution >= 0.6 is 0 Å². The summed E-state index contributed by atoms with van der Waals surface area (Å²) in [6.07, 6.45) is 1.86. The van der Waals surface area contributed by atoms with Crippen LogP contribution in [0.15, 0.2) is 24.3 Å². The number of morpholine rings is 1. The second kappa shape index (κ2) is 8.20. The van der Waals surface area contributed by atoms with E-state index in [4.69, 9.17) is 9.47 Å². The molecular weight excluding hydrogens is 292 g/mol. The van der Waals surface area contributed by atoms with Crippen molar-refractivity contribution in [2.75, 3.05) is 40.0 Å². The van der Waals surface area contributed by atoms with Crippen LogP contribution in [-0.4, -0.2) is 50.9 Å². The molecule has 1 atom stereocenters. The summed E-state index contributed by atoms with van der Waals surface area (Å²) in [4.78, 5) is 14.0. The molecule has 0 spiro atoms. The molecule has 2 rings (SSSR count). The van der Waals surface area contributed by atoms with Crippen molar-refractivity contribution in [2.24, 2.45) is 0 Å². The first-order valence-electron chi connectivity index (χ1n) is 8.35. The first kappa shape index (κ1) is 17.6. The Hall–Kier alpha value is -1.75. The number of carbonyl (C=O) groups is 1. The highest BCUT2D eigenvalue weighted by Gasteiger charge is 2.28. The fourth-order valence-corrected chi connectivity index (χ4v) is 2.97. The standard InChI is InChI=1S/C18H28N2O3/c1-4-18(2,15-7-5-6-8-16(15)22-3)9-10-19-17(21)20-11-13-23-14-12-20/h5-8H,4,9-14H2,1-3H3,(H,19,21)/t18-/m0/s1. The van der Waals surface area contributed by atoms with Crippen LogP contribution in [0.25, 0.3) is 0 Å². The number of nitrogens with zero attached hydrogens (tertiary/aromatic N) is 1. The number of benzene rings is 1. The molecule has 2 amide bonds. The van der Waals surface area contributed by atoms with Gasteiger partial charge in [0.1, 0.15) is 5.75 Å². The zero-order valence-corrected chi connectivity index (χ0v) is 14.4. The van der Waals surface area contributed by atoms with Gasteiger partial charge in [-0.25, -0.2) is 4.79 Å². The van der Waals surface area contributed by atoms with Gasteiger partial charge in [0.15, 0.2) is 0 Å². The quantitative estimate of drug-likeness (QED) is 0.877. The summed E-state index contributed by atoms with van der Waals surface area (Å²) in [5.74, 6) is 0.913. The smallest absolute Gasteiger partial charge is 0.317 e. The molecule has 0 bridgehead atoms. The highest BCUT2D eigenvalue weighted by molar-refractivity contribution is 5.74. The van der Waals surface area contributed by atoms with Gasteiger partial charge in [-0.1, -0.05) is 32.0 Å². The molecule has 5 nitrogen and oxygen atoms in total. The van der Waals surface area contributed by atoms with Crippen molar-refractivity contribution in [2.45, 2.75) is 32.1 Å². The fourth-order valence-electron chi connectivity index (χ4n) is 2.97. The van der Waals surface area contributed by atoms with Crippen LogP contribution < -0.4 is 10.1 Å². The molecule has 128 valence electrons. The molecule has 1 aromatic carbocycles. The maximum Gasteiger partial charge on any atom is 0.317 e. The summed E-state index contributed by atoms with van der Waals surface area (Å²) >= 11 is 0. The van der Waals surface area contributed by atoms with Crippen molar-refractivity contribution in [3.8, 4) is 5.75 Å². The number of ether oxygens (including phenoxy) is 2. The van der Waals surface area contributed by atoms with Crippen LogP contribution in [0, 0.1) is 0 Å². The predicted molar refractivity (Wildman–Crippen MR) is 91.0 cm³/mol. The Labute approximate surface area is 139 Å². The normalized spacial score (nSPS) is 17.4. The van der Waals surface area contributed by atoms with E-state index in [-0.39, 0.29) is 11.4 Å². The second-order valence-electron chi connectivity index (χ2n) is 6.20. The monoisotopic (exact) mass is 320 g/mol. The number of amides is 2. The van der Waals surface area contributed by atoms with Crippen molar-refractivity contribution in [3.05, 3.63) is 29.8 Å². The van der Waals surface area contributed by atoms with Gasteiger partial charge < -0.3 is 19.7 Å². The lowest BCUT2D eigenvalue weighted by molar-refractivity contribution is 0.0531. The van der Waals surface area contributed by atoms with Gasteiger partial charge in [0.2, 0.25) is 0 Å². The minimum absolute atomic E-state index is 0.00628. The predicted octanol–water partition coefficient (Wildman–Crippen LogP) is 2.79. The summed E-state index contributed by atoms with van der Waals surface area (Å²) in [5, 5.41) is 3.04. The first-order valence-corrected chi connectivity index (χ1v) is 8.35. The minimum atomic E-state index is -0.0229. The van der Waals surface area contributed by atoms with Gasteiger partial charge in [-0.3, -0.25) is 0 Å². The number of nitrogens with one attached hydrogen (secondary N) is 1. The van der Waals surface area contributed by atoms with Crippen molar-refractivity contribution >= 4 is 6.03 Å². The van der Waals surface area contributed by atoms with Gasteiger partial charge in [0, 0.05) is 25.2 Å². The zero-order valence-electron chi connectivity index (χ0n) is 14.4. The van der Waals surface area contributed by atoms with Crippen molar-refractivity contribution < 1.29 is 14.3 Å². The Morgan fingerprint density at radius 1 is 1.35 bits per heavy atom. The summed E-state index contributed by atoms with van der Waals surface area (Å²) in [6, 6.07) is 8.14. The van der Waals surface area contributed by atoms with Gasteiger partial charge >= 0.3 is 6.03 Å². The van der Waals surface area contributed by atoms with Crippen LogP contribution in [0.4, 0.5) is 4.79 Å². The van der Waals surface area contributed by atoms with E-state index < -0.39 is 0 Å². The SMILES string of the molecule is CC[C@@](C)(CCNC(=O)N1CCOCC1)c1ccccc1OC. The zero-order chi connectivity index (χ0) is 16.7. The minimum Gasteiger partial charge on any atom is -0.496 e. The van der Waals surface area contributed by atoms with Gasteiger partial charge in [-0.2, -0.15) is 0 Å². The number of para-hydroxylation sites is 1.